The average Bonchev–Trinajstić information content (AvgIpc) is 2.93. The molecule has 0 aliphatic carbocycles. The fourth-order valence-electron chi connectivity index (χ4n) is 2.20. The van der Waals surface area contributed by atoms with E-state index >= 15 is 0 Å². The zero-order valence-electron chi connectivity index (χ0n) is 14.2. The van der Waals surface area contributed by atoms with E-state index in [1.165, 1.54) is 0 Å². The maximum absolute atomic E-state index is 6.40. The van der Waals surface area contributed by atoms with Gasteiger partial charge in [0.15, 0.2) is 17.3 Å². The van der Waals surface area contributed by atoms with E-state index in [9.17, 15) is 0 Å². The highest BCUT2D eigenvalue weighted by molar-refractivity contribution is 7.71. The van der Waals surface area contributed by atoms with Gasteiger partial charge in [0.2, 0.25) is 4.77 Å². The minimum Gasteiger partial charge on any atom is -0.490 e. The highest BCUT2D eigenvalue weighted by Crippen LogP contribution is 2.34. The lowest BCUT2D eigenvalue weighted by Crippen LogP contribution is -2.17. The SMILES string of the molecule is CCCOc1cc(Cl)c(CNn2c(CC)n[nH]c2=S)cc1OCC. The van der Waals surface area contributed by atoms with Crippen LogP contribution in [0.2, 0.25) is 5.02 Å². The van der Waals surface area contributed by atoms with Crippen LogP contribution in [0.3, 0.4) is 0 Å². The normalized spacial score (nSPS) is 10.7. The third-order valence-corrected chi connectivity index (χ3v) is 3.99. The molecule has 0 radical (unpaired) electrons. The predicted molar refractivity (Wildman–Crippen MR) is 98.3 cm³/mol. The molecule has 2 rings (SSSR count). The summed E-state index contributed by atoms with van der Waals surface area (Å²) in [6, 6.07) is 3.70. The van der Waals surface area contributed by atoms with Gasteiger partial charge in [-0.1, -0.05) is 25.4 Å². The van der Waals surface area contributed by atoms with Gasteiger partial charge in [-0.15, -0.1) is 0 Å². The van der Waals surface area contributed by atoms with Gasteiger partial charge in [-0.25, -0.2) is 4.68 Å². The summed E-state index contributed by atoms with van der Waals surface area (Å²) in [6.45, 7) is 7.69. The van der Waals surface area contributed by atoms with Crippen molar-refractivity contribution in [3.8, 4) is 11.5 Å². The van der Waals surface area contributed by atoms with Crippen molar-refractivity contribution in [1.82, 2.24) is 14.9 Å². The first kappa shape index (κ1) is 18.6. The molecular formula is C16H23ClN4O2S. The van der Waals surface area contributed by atoms with Gasteiger partial charge >= 0.3 is 0 Å². The minimum absolute atomic E-state index is 0.494. The van der Waals surface area contributed by atoms with Crippen molar-refractivity contribution >= 4 is 23.8 Å². The monoisotopic (exact) mass is 370 g/mol. The Kier molecular flexibility index (Phi) is 6.93. The fourth-order valence-corrected chi connectivity index (χ4v) is 2.64. The van der Waals surface area contributed by atoms with Gasteiger partial charge < -0.3 is 14.9 Å². The Balaban J connectivity index is 2.21. The average molecular weight is 371 g/mol. The standard InChI is InChI=1S/C16H23ClN4O2S/c1-4-7-23-14-9-12(17)11(8-13(14)22-6-3)10-18-21-15(5-2)19-20-16(21)24/h8-9,18H,4-7,10H2,1-3H3,(H,20,24). The molecule has 8 heteroatoms. The van der Waals surface area contributed by atoms with Crippen LogP contribution in [0.4, 0.5) is 0 Å². The largest absolute Gasteiger partial charge is 0.490 e. The highest BCUT2D eigenvalue weighted by atomic mass is 35.5. The third kappa shape index (κ3) is 4.42. The molecule has 1 heterocycles. The van der Waals surface area contributed by atoms with Gasteiger partial charge in [0, 0.05) is 17.5 Å². The Bertz CT molecular complexity index is 729. The van der Waals surface area contributed by atoms with Gasteiger partial charge in [0.25, 0.3) is 0 Å². The number of aryl methyl sites for hydroxylation is 1. The summed E-state index contributed by atoms with van der Waals surface area (Å²) >= 11 is 11.6. The molecule has 0 unspecified atom stereocenters. The predicted octanol–water partition coefficient (Wildman–Crippen LogP) is 4.09. The van der Waals surface area contributed by atoms with E-state index in [1.54, 1.807) is 10.7 Å². The molecule has 2 N–H and O–H groups in total. The Morgan fingerprint density at radius 2 is 2.00 bits per heavy atom. The maximum atomic E-state index is 6.40. The number of hydrogen-bond donors (Lipinski definition) is 2. The molecule has 0 atom stereocenters. The molecule has 0 aliphatic heterocycles. The van der Waals surface area contributed by atoms with Crippen LogP contribution in [0, 0.1) is 4.77 Å². The van der Waals surface area contributed by atoms with Crippen molar-refractivity contribution in [3.63, 3.8) is 0 Å². The molecule has 1 aromatic heterocycles. The number of rotatable bonds is 9. The van der Waals surface area contributed by atoms with Crippen LogP contribution in [0.15, 0.2) is 12.1 Å². The summed E-state index contributed by atoms with van der Waals surface area (Å²) in [7, 11) is 0. The van der Waals surface area contributed by atoms with Gasteiger partial charge in [-0.3, -0.25) is 5.10 Å². The Morgan fingerprint density at radius 3 is 2.67 bits per heavy atom. The van der Waals surface area contributed by atoms with Crippen molar-refractivity contribution in [2.75, 3.05) is 18.6 Å². The molecule has 1 aromatic carbocycles. The molecular weight excluding hydrogens is 348 g/mol. The molecule has 0 fully saturated rings. The van der Waals surface area contributed by atoms with Crippen LogP contribution in [0.25, 0.3) is 0 Å². The molecule has 2 aromatic rings. The van der Waals surface area contributed by atoms with Crippen LogP contribution < -0.4 is 14.9 Å². The quantitative estimate of drug-likeness (QED) is 0.651. The lowest BCUT2D eigenvalue weighted by molar-refractivity contribution is 0.276. The Labute approximate surface area is 152 Å². The topological polar surface area (TPSA) is 64.1 Å². The molecule has 0 aliphatic rings. The van der Waals surface area contributed by atoms with Crippen LogP contribution in [-0.2, 0) is 13.0 Å². The summed E-state index contributed by atoms with van der Waals surface area (Å²) < 4.78 is 13.7. The highest BCUT2D eigenvalue weighted by Gasteiger charge is 2.12. The molecule has 0 spiro atoms. The van der Waals surface area contributed by atoms with Crippen LogP contribution >= 0.6 is 23.8 Å². The lowest BCUT2D eigenvalue weighted by atomic mass is 10.2. The zero-order chi connectivity index (χ0) is 17.5. The third-order valence-electron chi connectivity index (χ3n) is 3.36. The van der Waals surface area contributed by atoms with Crippen LogP contribution in [-0.4, -0.2) is 28.1 Å². The van der Waals surface area contributed by atoms with Crippen LogP contribution in [0.5, 0.6) is 11.5 Å². The first-order valence-electron chi connectivity index (χ1n) is 8.08. The second kappa shape index (κ2) is 8.94. The number of ether oxygens (including phenoxy) is 2. The summed E-state index contributed by atoms with van der Waals surface area (Å²) in [5.41, 5.74) is 4.14. The Hall–Kier alpha value is -1.73. The van der Waals surface area contributed by atoms with E-state index in [1.807, 2.05) is 19.9 Å². The van der Waals surface area contributed by atoms with Crippen molar-refractivity contribution in [1.29, 1.82) is 0 Å². The van der Waals surface area contributed by atoms with E-state index in [0.717, 1.165) is 24.2 Å². The number of nitrogens with zero attached hydrogens (tertiary/aromatic N) is 2. The summed E-state index contributed by atoms with van der Waals surface area (Å²) in [6.07, 6.45) is 1.69. The number of hydrogen-bond acceptors (Lipinski definition) is 5. The number of aromatic nitrogens is 3. The molecule has 24 heavy (non-hydrogen) atoms. The van der Waals surface area contributed by atoms with Crippen molar-refractivity contribution in [2.24, 2.45) is 0 Å². The van der Waals surface area contributed by atoms with Gasteiger partial charge in [0.1, 0.15) is 0 Å². The lowest BCUT2D eigenvalue weighted by Gasteiger charge is -2.16. The van der Waals surface area contributed by atoms with E-state index in [2.05, 4.69) is 22.5 Å². The summed E-state index contributed by atoms with van der Waals surface area (Å²) in [5.74, 6) is 2.20. The minimum atomic E-state index is 0.494. The molecule has 132 valence electrons. The molecule has 0 saturated carbocycles. The summed E-state index contributed by atoms with van der Waals surface area (Å²) in [4.78, 5) is 0. The van der Waals surface area contributed by atoms with E-state index < -0.39 is 0 Å². The van der Waals surface area contributed by atoms with Gasteiger partial charge in [-0.2, -0.15) is 5.10 Å². The maximum Gasteiger partial charge on any atom is 0.214 e. The number of aromatic amines is 1. The number of H-pyrrole nitrogens is 1. The second-order valence-corrected chi connectivity index (χ2v) is 5.93. The summed E-state index contributed by atoms with van der Waals surface area (Å²) in [5, 5.41) is 7.56. The first-order chi connectivity index (χ1) is 11.6. The fraction of sp³-hybridized carbons (Fsp3) is 0.500. The number of nitrogens with one attached hydrogen (secondary N) is 2. The van der Waals surface area contributed by atoms with Crippen LogP contribution in [0.1, 0.15) is 38.6 Å². The molecule has 6 nitrogen and oxygen atoms in total. The van der Waals surface area contributed by atoms with Crippen molar-refractivity contribution in [2.45, 2.75) is 40.2 Å². The van der Waals surface area contributed by atoms with Gasteiger partial charge in [-0.05, 0) is 37.2 Å². The van der Waals surface area contributed by atoms with Gasteiger partial charge in [0.05, 0.1) is 19.8 Å². The van der Waals surface area contributed by atoms with E-state index in [4.69, 9.17) is 33.3 Å². The van der Waals surface area contributed by atoms with E-state index in [-0.39, 0.29) is 0 Å². The van der Waals surface area contributed by atoms with Crippen molar-refractivity contribution < 1.29 is 9.47 Å². The second-order valence-electron chi connectivity index (χ2n) is 5.14. The number of benzene rings is 1. The molecule has 0 bridgehead atoms. The number of halogens is 1. The first-order valence-corrected chi connectivity index (χ1v) is 8.87. The Morgan fingerprint density at radius 1 is 1.25 bits per heavy atom. The van der Waals surface area contributed by atoms with Crippen molar-refractivity contribution in [3.05, 3.63) is 33.3 Å². The smallest absolute Gasteiger partial charge is 0.214 e. The van der Waals surface area contributed by atoms with E-state index in [0.29, 0.717) is 41.1 Å². The zero-order valence-corrected chi connectivity index (χ0v) is 15.8. The molecule has 0 amide bonds. The molecule has 0 saturated heterocycles.